The van der Waals surface area contributed by atoms with E-state index in [2.05, 4.69) is 0 Å². The Balaban J connectivity index is 2.88. The molecule has 0 unspecified atom stereocenters. The maximum Gasteiger partial charge on any atom is 0.362 e. The van der Waals surface area contributed by atoms with Gasteiger partial charge in [-0.25, -0.2) is 4.31 Å². The van der Waals surface area contributed by atoms with E-state index in [0.717, 1.165) is 0 Å². The zero-order valence-electron chi connectivity index (χ0n) is 6.47. The Bertz CT molecular complexity index is 299. The molecule has 6 nitrogen and oxygen atoms in total. The summed E-state index contributed by atoms with van der Waals surface area (Å²) in [6.45, 7) is 1.69. The van der Waals surface area contributed by atoms with Crippen LogP contribution in [0, 0.1) is 0 Å². The van der Waals surface area contributed by atoms with E-state index in [1.807, 2.05) is 0 Å². The van der Waals surface area contributed by atoms with Crippen molar-refractivity contribution in [2.75, 3.05) is 0 Å². The van der Waals surface area contributed by atoms with Gasteiger partial charge in [0.15, 0.2) is 0 Å². The van der Waals surface area contributed by atoms with Gasteiger partial charge in [0.1, 0.15) is 6.04 Å². The molecule has 1 amide bonds. The summed E-state index contributed by atoms with van der Waals surface area (Å²) in [6, 6.07) is -1.38. The van der Waals surface area contributed by atoms with Gasteiger partial charge >= 0.3 is 10.3 Å². The highest BCUT2D eigenvalue weighted by atomic mass is 32.2. The Hall–Kier alpha value is -0.660. The molecule has 12 heavy (non-hydrogen) atoms. The summed E-state index contributed by atoms with van der Waals surface area (Å²) < 4.78 is 30.1. The third kappa shape index (κ3) is 1.19. The minimum Gasteiger partial charge on any atom is -0.318 e. The average Bonchev–Trinajstić information content (AvgIpc) is 1.95. The number of amides is 1. The molecule has 1 rings (SSSR count). The molecule has 0 saturated carbocycles. The van der Waals surface area contributed by atoms with Crippen LogP contribution in [0.5, 0.6) is 0 Å². The van der Waals surface area contributed by atoms with Crippen LogP contribution in [0.15, 0.2) is 0 Å². The first-order chi connectivity index (χ1) is 5.39. The van der Waals surface area contributed by atoms with Crippen LogP contribution in [0.4, 0.5) is 0 Å². The van der Waals surface area contributed by atoms with Crippen LogP contribution < -0.4 is 5.73 Å². The van der Waals surface area contributed by atoms with Gasteiger partial charge in [-0.2, -0.15) is 8.42 Å². The van der Waals surface area contributed by atoms with E-state index in [4.69, 9.17) is 10.3 Å². The topological polar surface area (TPSA) is 101 Å². The fourth-order valence-electron chi connectivity index (χ4n) is 1.24. The molecular formula is C5H10N2O4S. The van der Waals surface area contributed by atoms with Crippen molar-refractivity contribution >= 4 is 16.2 Å². The molecule has 2 atom stereocenters. The van der Waals surface area contributed by atoms with Crippen LogP contribution in [0.25, 0.3) is 0 Å². The standard InChI is InChI=1S/C5H10N2O4S/c1-2-3-4(6)5(8)7(3)12(9,10)11/h3-4H,2,6H2,1H3,(H,9,10,11)/t3-,4-/m0/s1. The zero-order chi connectivity index (χ0) is 9.52. The van der Waals surface area contributed by atoms with Gasteiger partial charge in [-0.15, -0.1) is 0 Å². The summed E-state index contributed by atoms with van der Waals surface area (Å²) in [5, 5.41) is 0. The molecule has 1 aliphatic heterocycles. The second-order valence-electron chi connectivity index (χ2n) is 2.61. The predicted molar refractivity (Wildman–Crippen MR) is 40.4 cm³/mol. The molecule has 0 spiro atoms. The van der Waals surface area contributed by atoms with Crippen LogP contribution in [0.1, 0.15) is 13.3 Å². The number of hydrogen-bond acceptors (Lipinski definition) is 4. The largest absolute Gasteiger partial charge is 0.362 e. The molecule has 0 radical (unpaired) electrons. The lowest BCUT2D eigenvalue weighted by Crippen LogP contribution is -2.69. The van der Waals surface area contributed by atoms with Crippen LogP contribution >= 0.6 is 0 Å². The highest BCUT2D eigenvalue weighted by molar-refractivity contribution is 7.84. The SMILES string of the molecule is CC[C@H]1[C@H](N)C(=O)N1S(=O)(=O)O. The summed E-state index contributed by atoms with van der Waals surface area (Å²) in [7, 11) is -4.41. The molecule has 0 aromatic rings. The van der Waals surface area contributed by atoms with E-state index in [1.54, 1.807) is 6.92 Å². The fourth-order valence-corrected chi connectivity index (χ4v) is 2.21. The lowest BCUT2D eigenvalue weighted by atomic mass is 9.98. The second-order valence-corrected chi connectivity index (χ2v) is 3.90. The average molecular weight is 194 g/mol. The van der Waals surface area contributed by atoms with Crippen molar-refractivity contribution < 1.29 is 17.8 Å². The number of rotatable bonds is 2. The maximum absolute atomic E-state index is 10.8. The van der Waals surface area contributed by atoms with E-state index in [0.29, 0.717) is 10.7 Å². The van der Waals surface area contributed by atoms with Gasteiger partial charge in [0.25, 0.3) is 5.91 Å². The summed E-state index contributed by atoms with van der Waals surface area (Å²) in [5.41, 5.74) is 5.30. The van der Waals surface area contributed by atoms with Crippen molar-refractivity contribution in [1.29, 1.82) is 0 Å². The molecule has 3 N–H and O–H groups in total. The Kier molecular flexibility index (Phi) is 2.11. The molecule has 1 aliphatic rings. The highest BCUT2D eigenvalue weighted by Crippen LogP contribution is 2.23. The fraction of sp³-hybridized carbons (Fsp3) is 0.800. The number of carbonyl (C=O) groups is 1. The van der Waals surface area contributed by atoms with Crippen molar-refractivity contribution in [2.45, 2.75) is 25.4 Å². The Morgan fingerprint density at radius 1 is 1.67 bits per heavy atom. The maximum atomic E-state index is 10.8. The number of carbonyl (C=O) groups excluding carboxylic acids is 1. The number of β-lactam (4-membered cyclic amide) rings is 1. The van der Waals surface area contributed by atoms with Gasteiger partial charge in [-0.05, 0) is 6.42 Å². The normalized spacial score (nSPS) is 30.2. The third-order valence-corrected chi connectivity index (χ3v) is 2.83. The molecule has 70 valence electrons. The first kappa shape index (κ1) is 9.43. The summed E-state index contributed by atoms with van der Waals surface area (Å²) >= 11 is 0. The van der Waals surface area contributed by atoms with Gasteiger partial charge < -0.3 is 5.73 Å². The van der Waals surface area contributed by atoms with Crippen LogP contribution in [0.2, 0.25) is 0 Å². The lowest BCUT2D eigenvalue weighted by molar-refractivity contribution is -0.140. The second kappa shape index (κ2) is 2.68. The first-order valence-electron chi connectivity index (χ1n) is 3.46. The quantitative estimate of drug-likeness (QED) is 0.422. The molecule has 1 heterocycles. The van der Waals surface area contributed by atoms with Crippen LogP contribution in [0.3, 0.4) is 0 Å². The molecule has 0 bridgehead atoms. The van der Waals surface area contributed by atoms with E-state index in [9.17, 15) is 13.2 Å². The van der Waals surface area contributed by atoms with Crippen LogP contribution in [-0.4, -0.2) is 35.3 Å². The summed E-state index contributed by atoms with van der Waals surface area (Å²) in [5.74, 6) is -0.746. The minimum absolute atomic E-state index is 0.409. The minimum atomic E-state index is -4.41. The van der Waals surface area contributed by atoms with Crippen molar-refractivity contribution in [3.63, 3.8) is 0 Å². The summed E-state index contributed by atoms with van der Waals surface area (Å²) in [4.78, 5) is 10.8. The van der Waals surface area contributed by atoms with E-state index >= 15 is 0 Å². The van der Waals surface area contributed by atoms with Crippen LogP contribution in [-0.2, 0) is 15.1 Å². The van der Waals surface area contributed by atoms with Gasteiger partial charge in [0.2, 0.25) is 0 Å². The van der Waals surface area contributed by atoms with Crippen molar-refractivity contribution in [3.05, 3.63) is 0 Å². The van der Waals surface area contributed by atoms with E-state index in [1.165, 1.54) is 0 Å². The zero-order valence-corrected chi connectivity index (χ0v) is 7.28. The van der Waals surface area contributed by atoms with Gasteiger partial charge in [-0.3, -0.25) is 9.35 Å². The van der Waals surface area contributed by atoms with Gasteiger partial charge in [0.05, 0.1) is 6.04 Å². The van der Waals surface area contributed by atoms with Gasteiger partial charge in [0, 0.05) is 0 Å². The molecule has 0 aromatic heterocycles. The highest BCUT2D eigenvalue weighted by Gasteiger charge is 2.49. The predicted octanol–water partition coefficient (Wildman–Crippen LogP) is -1.26. The molecule has 7 heteroatoms. The molecule has 0 aromatic carbocycles. The van der Waals surface area contributed by atoms with Gasteiger partial charge in [-0.1, -0.05) is 6.92 Å². The molecule has 1 saturated heterocycles. The number of nitrogens with two attached hydrogens (primary N) is 1. The van der Waals surface area contributed by atoms with Crippen molar-refractivity contribution in [2.24, 2.45) is 5.73 Å². The third-order valence-electron chi connectivity index (χ3n) is 1.88. The van der Waals surface area contributed by atoms with Crippen molar-refractivity contribution in [3.8, 4) is 0 Å². The monoisotopic (exact) mass is 194 g/mol. The van der Waals surface area contributed by atoms with E-state index in [-0.39, 0.29) is 0 Å². The number of hydrogen-bond donors (Lipinski definition) is 2. The van der Waals surface area contributed by atoms with Crippen molar-refractivity contribution in [1.82, 2.24) is 4.31 Å². The molecular weight excluding hydrogens is 184 g/mol. The Labute approximate surface area is 70.2 Å². The number of nitrogens with zero attached hydrogens (tertiary/aromatic N) is 1. The molecule has 1 fully saturated rings. The first-order valence-corrected chi connectivity index (χ1v) is 4.85. The smallest absolute Gasteiger partial charge is 0.318 e. The van der Waals surface area contributed by atoms with E-state index < -0.39 is 28.3 Å². The molecule has 0 aliphatic carbocycles. The lowest BCUT2D eigenvalue weighted by Gasteiger charge is -2.41. The Morgan fingerprint density at radius 3 is 2.42 bits per heavy atom. The Morgan fingerprint density at radius 2 is 2.17 bits per heavy atom. The summed E-state index contributed by atoms with van der Waals surface area (Å²) in [6.07, 6.45) is 0.409.